The molecule has 0 bridgehead atoms. The van der Waals surface area contributed by atoms with Gasteiger partial charge in [0, 0.05) is 30.4 Å². The fraction of sp³-hybridized carbons (Fsp3) is 0.360. The van der Waals surface area contributed by atoms with Crippen LogP contribution < -0.4 is 4.90 Å². The molecular weight excluding hydrogens is 438 g/mol. The van der Waals surface area contributed by atoms with Crippen LogP contribution in [0.15, 0.2) is 41.3 Å². The minimum atomic E-state index is -0.479. The molecule has 0 aliphatic carbocycles. The summed E-state index contributed by atoms with van der Waals surface area (Å²) in [5, 5.41) is 10.5. The van der Waals surface area contributed by atoms with Crippen LogP contribution in [0, 0.1) is 17.0 Å². The van der Waals surface area contributed by atoms with Crippen LogP contribution in [0.25, 0.3) is 6.08 Å². The van der Waals surface area contributed by atoms with E-state index in [1.165, 1.54) is 28.3 Å². The summed E-state index contributed by atoms with van der Waals surface area (Å²) in [5.74, 6) is 0.0444. The fourth-order valence-corrected chi connectivity index (χ4v) is 5.40. The summed E-state index contributed by atoms with van der Waals surface area (Å²) in [6.45, 7) is 8.82. The van der Waals surface area contributed by atoms with Gasteiger partial charge < -0.3 is 4.90 Å². The van der Waals surface area contributed by atoms with E-state index in [2.05, 4.69) is 44.9 Å². The lowest BCUT2D eigenvalue weighted by Crippen LogP contribution is -2.45. The molecule has 2 heterocycles. The second-order valence-electron chi connectivity index (χ2n) is 9.44. The first-order chi connectivity index (χ1) is 15.5. The van der Waals surface area contributed by atoms with Crippen LogP contribution in [0.5, 0.6) is 0 Å². The Bertz CT molecular complexity index is 1190. The number of hydrogen-bond donors (Lipinski definition) is 0. The molecule has 33 heavy (non-hydrogen) atoms. The Morgan fingerprint density at radius 1 is 1.21 bits per heavy atom. The topological polar surface area (TPSA) is 83.8 Å². The highest BCUT2D eigenvalue weighted by atomic mass is 32.2. The zero-order chi connectivity index (χ0) is 24.1. The van der Waals surface area contributed by atoms with Crippen LogP contribution in [0.1, 0.15) is 55.4 Å². The molecule has 1 atom stereocenters. The number of carbonyl (C=O) groups excluding carboxylic acids is 2. The summed E-state index contributed by atoms with van der Waals surface area (Å²) >= 11 is 0.931. The molecular formula is C25H27N3O4S. The minimum absolute atomic E-state index is 0.0288. The predicted octanol–water partition coefficient (Wildman–Crippen LogP) is 5.86. The average Bonchev–Trinajstić information content (AvgIpc) is 3.00. The van der Waals surface area contributed by atoms with Crippen LogP contribution >= 0.6 is 11.8 Å². The van der Waals surface area contributed by atoms with Gasteiger partial charge in [-0.2, -0.15) is 0 Å². The SMILES string of the molecule is Cc1cc2c(cc1/C=C1/SC(=O)N(Cc3ccc([N+](=O)[O-])cc3)C1=O)C(C)CC(C)(C)N2C. The monoisotopic (exact) mass is 465 g/mol. The number of anilines is 1. The molecule has 0 saturated carbocycles. The van der Waals surface area contributed by atoms with Gasteiger partial charge in [-0.1, -0.05) is 19.1 Å². The molecule has 1 saturated heterocycles. The summed E-state index contributed by atoms with van der Waals surface area (Å²) in [6, 6.07) is 10.2. The van der Waals surface area contributed by atoms with Crippen LogP contribution in [0.3, 0.4) is 0 Å². The summed E-state index contributed by atoms with van der Waals surface area (Å²) < 4.78 is 0. The molecule has 2 aromatic carbocycles. The first kappa shape index (κ1) is 23.0. The Morgan fingerprint density at radius 3 is 2.52 bits per heavy atom. The van der Waals surface area contributed by atoms with E-state index < -0.39 is 4.92 Å². The number of amides is 2. The van der Waals surface area contributed by atoms with E-state index >= 15 is 0 Å². The zero-order valence-corrected chi connectivity index (χ0v) is 20.2. The molecule has 2 aliphatic rings. The molecule has 0 aromatic heterocycles. The Kier molecular flexibility index (Phi) is 5.82. The maximum Gasteiger partial charge on any atom is 0.293 e. The highest BCUT2D eigenvalue weighted by Crippen LogP contribution is 2.44. The molecule has 1 unspecified atom stereocenters. The Balaban J connectivity index is 1.60. The summed E-state index contributed by atoms with van der Waals surface area (Å²) in [4.78, 5) is 39.8. The molecule has 7 nitrogen and oxygen atoms in total. The van der Waals surface area contributed by atoms with E-state index in [0.29, 0.717) is 16.4 Å². The van der Waals surface area contributed by atoms with Crippen molar-refractivity contribution in [2.45, 2.75) is 52.1 Å². The number of aryl methyl sites for hydroxylation is 1. The number of nitro benzene ring substituents is 1. The number of benzene rings is 2. The molecule has 0 N–H and O–H groups in total. The lowest BCUT2D eigenvalue weighted by Gasteiger charge is -2.45. The maximum atomic E-state index is 13.0. The van der Waals surface area contributed by atoms with Crippen molar-refractivity contribution in [1.29, 1.82) is 0 Å². The third-order valence-electron chi connectivity index (χ3n) is 6.67. The number of rotatable bonds is 4. The summed E-state index contributed by atoms with van der Waals surface area (Å²) in [5.41, 5.74) is 5.15. The van der Waals surface area contributed by atoms with Gasteiger partial charge in [-0.15, -0.1) is 0 Å². The number of imide groups is 1. The van der Waals surface area contributed by atoms with E-state index in [1.54, 1.807) is 12.1 Å². The maximum absolute atomic E-state index is 13.0. The molecule has 0 radical (unpaired) electrons. The molecule has 2 aromatic rings. The molecule has 4 rings (SSSR count). The molecule has 2 amide bonds. The van der Waals surface area contributed by atoms with Gasteiger partial charge in [0.25, 0.3) is 16.8 Å². The van der Waals surface area contributed by atoms with Gasteiger partial charge in [0.2, 0.25) is 0 Å². The van der Waals surface area contributed by atoms with Crippen molar-refractivity contribution in [2.24, 2.45) is 0 Å². The molecule has 0 spiro atoms. The van der Waals surface area contributed by atoms with Crippen molar-refractivity contribution >= 4 is 40.4 Å². The normalized spacial score (nSPS) is 21.0. The first-order valence-electron chi connectivity index (χ1n) is 10.8. The van der Waals surface area contributed by atoms with E-state index in [1.807, 2.05) is 13.0 Å². The van der Waals surface area contributed by atoms with E-state index in [4.69, 9.17) is 0 Å². The molecule has 172 valence electrons. The van der Waals surface area contributed by atoms with Crippen molar-refractivity contribution in [3.8, 4) is 0 Å². The number of fused-ring (bicyclic) bond motifs is 1. The van der Waals surface area contributed by atoms with Gasteiger partial charge in [-0.25, -0.2) is 0 Å². The van der Waals surface area contributed by atoms with Crippen LogP contribution in [0.4, 0.5) is 16.2 Å². The number of thioether (sulfide) groups is 1. The van der Waals surface area contributed by atoms with E-state index in [-0.39, 0.29) is 28.9 Å². The van der Waals surface area contributed by atoms with Crippen LogP contribution in [-0.2, 0) is 11.3 Å². The lowest BCUT2D eigenvalue weighted by molar-refractivity contribution is -0.384. The number of nitro groups is 1. The Morgan fingerprint density at radius 2 is 1.88 bits per heavy atom. The van der Waals surface area contributed by atoms with Crippen molar-refractivity contribution in [1.82, 2.24) is 4.90 Å². The quantitative estimate of drug-likeness (QED) is 0.319. The standard InChI is InChI=1S/C25H27N3O4S/c1-15-10-21-20(16(2)13-25(3,4)26(21)5)11-18(15)12-22-23(29)27(24(30)33-22)14-17-6-8-19(9-7-17)28(31)32/h6-12,16H,13-14H2,1-5H3/b22-12+. The second-order valence-corrected chi connectivity index (χ2v) is 10.4. The van der Waals surface area contributed by atoms with Crippen molar-refractivity contribution in [2.75, 3.05) is 11.9 Å². The average molecular weight is 466 g/mol. The Labute approximate surface area is 197 Å². The van der Waals surface area contributed by atoms with Gasteiger partial charge in [0.1, 0.15) is 0 Å². The zero-order valence-electron chi connectivity index (χ0n) is 19.4. The van der Waals surface area contributed by atoms with Gasteiger partial charge >= 0.3 is 0 Å². The number of nitrogens with zero attached hydrogens (tertiary/aromatic N) is 3. The third-order valence-corrected chi connectivity index (χ3v) is 7.58. The van der Waals surface area contributed by atoms with Gasteiger partial charge in [0.05, 0.1) is 16.4 Å². The van der Waals surface area contributed by atoms with Crippen molar-refractivity contribution in [3.05, 3.63) is 73.7 Å². The van der Waals surface area contributed by atoms with E-state index in [9.17, 15) is 19.7 Å². The predicted molar refractivity (Wildman–Crippen MR) is 131 cm³/mol. The Hall–Kier alpha value is -3.13. The first-order valence-corrected chi connectivity index (χ1v) is 11.7. The number of non-ortho nitro benzene ring substituents is 1. The van der Waals surface area contributed by atoms with Crippen molar-refractivity contribution < 1.29 is 14.5 Å². The van der Waals surface area contributed by atoms with Gasteiger partial charge in [-0.05, 0) is 85.3 Å². The fourth-order valence-electron chi connectivity index (χ4n) is 4.57. The molecule has 2 aliphatic heterocycles. The lowest BCUT2D eigenvalue weighted by atomic mass is 9.79. The summed E-state index contributed by atoms with van der Waals surface area (Å²) in [6.07, 6.45) is 2.84. The second kappa shape index (κ2) is 8.33. The number of hydrogen-bond acceptors (Lipinski definition) is 6. The molecule has 8 heteroatoms. The molecule has 1 fully saturated rings. The summed E-state index contributed by atoms with van der Waals surface area (Å²) in [7, 11) is 2.12. The van der Waals surface area contributed by atoms with E-state index in [0.717, 1.165) is 29.3 Å². The van der Waals surface area contributed by atoms with Crippen molar-refractivity contribution in [3.63, 3.8) is 0 Å². The largest absolute Gasteiger partial charge is 0.369 e. The van der Waals surface area contributed by atoms with Gasteiger partial charge in [-0.3, -0.25) is 24.6 Å². The number of carbonyl (C=O) groups is 2. The third kappa shape index (κ3) is 4.27. The van der Waals surface area contributed by atoms with Gasteiger partial charge in [0.15, 0.2) is 0 Å². The van der Waals surface area contributed by atoms with Crippen LogP contribution in [-0.4, -0.2) is 33.6 Å². The highest BCUT2D eigenvalue weighted by Gasteiger charge is 2.36. The smallest absolute Gasteiger partial charge is 0.293 e. The minimum Gasteiger partial charge on any atom is -0.369 e. The van der Waals surface area contributed by atoms with Crippen LogP contribution in [0.2, 0.25) is 0 Å². The highest BCUT2D eigenvalue weighted by molar-refractivity contribution is 8.18.